The zero-order chi connectivity index (χ0) is 10.2. The van der Waals surface area contributed by atoms with E-state index in [0.717, 1.165) is 17.5 Å². The molecular weight excluding hydrogens is 244 g/mol. The molecule has 0 radical (unpaired) electrons. The van der Waals surface area contributed by atoms with Gasteiger partial charge >= 0.3 is 0 Å². The summed E-state index contributed by atoms with van der Waals surface area (Å²) in [5, 5.41) is 0. The predicted octanol–water partition coefficient (Wildman–Crippen LogP) is 3.20. The number of nitrogens with zero attached hydrogens (tertiary/aromatic N) is 2. The summed E-state index contributed by atoms with van der Waals surface area (Å²) in [5.74, 6) is 0.636. The molecule has 78 valence electrons. The molecule has 1 aromatic heterocycles. The molecule has 0 saturated carbocycles. The zero-order valence-corrected chi connectivity index (χ0v) is 9.96. The zero-order valence-electron chi connectivity index (χ0n) is 8.37. The van der Waals surface area contributed by atoms with Crippen LogP contribution in [-0.2, 0) is 0 Å². The van der Waals surface area contributed by atoms with E-state index in [4.69, 9.17) is 4.74 Å². The van der Waals surface area contributed by atoms with Crippen LogP contribution >= 0.6 is 15.9 Å². The normalized spacial score (nSPS) is 10.1. The van der Waals surface area contributed by atoms with Crippen LogP contribution in [0.4, 0.5) is 0 Å². The van der Waals surface area contributed by atoms with Crippen LogP contribution in [0.2, 0.25) is 0 Å². The third-order valence-corrected chi connectivity index (χ3v) is 2.41. The second-order valence-electron chi connectivity index (χ2n) is 3.08. The van der Waals surface area contributed by atoms with Crippen LogP contribution in [0.15, 0.2) is 17.0 Å². The summed E-state index contributed by atoms with van der Waals surface area (Å²) in [5.41, 5.74) is 0. The minimum absolute atomic E-state index is 0.636. The van der Waals surface area contributed by atoms with Crippen molar-refractivity contribution in [1.82, 2.24) is 9.97 Å². The van der Waals surface area contributed by atoms with Crippen molar-refractivity contribution < 1.29 is 4.74 Å². The molecule has 0 amide bonds. The number of unbranched alkanes of at least 4 members (excludes halogenated alkanes) is 3. The Hall–Kier alpha value is -0.640. The minimum atomic E-state index is 0.636. The Balaban J connectivity index is 2.21. The number of hydrogen-bond donors (Lipinski definition) is 0. The molecule has 1 rings (SSSR count). The SMILES string of the molecule is CCCCCCOc1ncncc1Br. The summed E-state index contributed by atoms with van der Waals surface area (Å²) in [7, 11) is 0. The number of hydrogen-bond acceptors (Lipinski definition) is 3. The summed E-state index contributed by atoms with van der Waals surface area (Å²) >= 11 is 3.33. The highest BCUT2D eigenvalue weighted by Crippen LogP contribution is 2.19. The first-order valence-corrected chi connectivity index (χ1v) is 5.72. The molecule has 0 aliphatic heterocycles. The molecule has 0 aliphatic carbocycles. The third-order valence-electron chi connectivity index (χ3n) is 1.87. The lowest BCUT2D eigenvalue weighted by atomic mass is 10.2. The lowest BCUT2D eigenvalue weighted by Crippen LogP contribution is -1.99. The lowest BCUT2D eigenvalue weighted by Gasteiger charge is -2.05. The van der Waals surface area contributed by atoms with E-state index in [2.05, 4.69) is 32.8 Å². The largest absolute Gasteiger partial charge is 0.477 e. The van der Waals surface area contributed by atoms with Gasteiger partial charge in [-0.2, -0.15) is 0 Å². The molecule has 0 spiro atoms. The van der Waals surface area contributed by atoms with Crippen molar-refractivity contribution in [3.05, 3.63) is 17.0 Å². The fourth-order valence-corrected chi connectivity index (χ4v) is 1.44. The smallest absolute Gasteiger partial charge is 0.231 e. The van der Waals surface area contributed by atoms with E-state index >= 15 is 0 Å². The summed E-state index contributed by atoms with van der Waals surface area (Å²) < 4.78 is 6.30. The van der Waals surface area contributed by atoms with Crippen LogP contribution in [0.1, 0.15) is 32.6 Å². The Kier molecular flexibility index (Phi) is 5.52. The predicted molar refractivity (Wildman–Crippen MR) is 59.4 cm³/mol. The summed E-state index contributed by atoms with van der Waals surface area (Å²) in [4.78, 5) is 7.88. The third kappa shape index (κ3) is 4.05. The Morgan fingerprint density at radius 1 is 1.36 bits per heavy atom. The molecule has 0 aromatic carbocycles. The molecule has 0 unspecified atom stereocenters. The van der Waals surface area contributed by atoms with Crippen LogP contribution in [0.5, 0.6) is 5.88 Å². The van der Waals surface area contributed by atoms with Crippen molar-refractivity contribution in [2.75, 3.05) is 6.61 Å². The van der Waals surface area contributed by atoms with E-state index in [1.54, 1.807) is 6.20 Å². The molecule has 0 fully saturated rings. The highest BCUT2D eigenvalue weighted by Gasteiger charge is 2.00. The van der Waals surface area contributed by atoms with Crippen molar-refractivity contribution in [2.45, 2.75) is 32.6 Å². The van der Waals surface area contributed by atoms with Gasteiger partial charge in [-0.15, -0.1) is 0 Å². The first kappa shape index (κ1) is 11.4. The van der Waals surface area contributed by atoms with E-state index in [9.17, 15) is 0 Å². The van der Waals surface area contributed by atoms with Gasteiger partial charge in [0.15, 0.2) is 0 Å². The minimum Gasteiger partial charge on any atom is -0.477 e. The summed E-state index contributed by atoms with van der Waals surface area (Å²) in [6, 6.07) is 0. The number of halogens is 1. The summed E-state index contributed by atoms with van der Waals surface area (Å²) in [6.45, 7) is 2.93. The van der Waals surface area contributed by atoms with Crippen LogP contribution in [-0.4, -0.2) is 16.6 Å². The van der Waals surface area contributed by atoms with Crippen molar-refractivity contribution in [3.8, 4) is 5.88 Å². The molecule has 3 nitrogen and oxygen atoms in total. The molecule has 1 aromatic rings. The van der Waals surface area contributed by atoms with Gasteiger partial charge < -0.3 is 4.74 Å². The van der Waals surface area contributed by atoms with Gasteiger partial charge in [-0.3, -0.25) is 0 Å². The van der Waals surface area contributed by atoms with Gasteiger partial charge in [0.25, 0.3) is 0 Å². The second-order valence-corrected chi connectivity index (χ2v) is 3.94. The van der Waals surface area contributed by atoms with Crippen LogP contribution in [0.25, 0.3) is 0 Å². The second kappa shape index (κ2) is 6.76. The van der Waals surface area contributed by atoms with E-state index in [1.807, 2.05) is 0 Å². The van der Waals surface area contributed by atoms with Crippen LogP contribution < -0.4 is 4.74 Å². The lowest BCUT2D eigenvalue weighted by molar-refractivity contribution is 0.291. The first-order chi connectivity index (χ1) is 6.84. The van der Waals surface area contributed by atoms with Gasteiger partial charge in [0.1, 0.15) is 6.33 Å². The molecule has 0 bridgehead atoms. The van der Waals surface area contributed by atoms with Gasteiger partial charge in [0, 0.05) is 6.20 Å². The maximum absolute atomic E-state index is 5.49. The highest BCUT2D eigenvalue weighted by atomic mass is 79.9. The maximum atomic E-state index is 5.49. The first-order valence-electron chi connectivity index (χ1n) is 4.93. The molecule has 14 heavy (non-hydrogen) atoms. The Bertz CT molecular complexity index is 268. The van der Waals surface area contributed by atoms with Gasteiger partial charge in [0.2, 0.25) is 5.88 Å². The fourth-order valence-electron chi connectivity index (χ4n) is 1.11. The maximum Gasteiger partial charge on any atom is 0.231 e. The van der Waals surface area contributed by atoms with Crippen LogP contribution in [0, 0.1) is 0 Å². The van der Waals surface area contributed by atoms with E-state index in [0.29, 0.717) is 5.88 Å². The van der Waals surface area contributed by atoms with Gasteiger partial charge in [-0.1, -0.05) is 26.2 Å². The average molecular weight is 259 g/mol. The highest BCUT2D eigenvalue weighted by molar-refractivity contribution is 9.10. The van der Waals surface area contributed by atoms with Crippen molar-refractivity contribution in [3.63, 3.8) is 0 Å². The molecule has 0 aliphatic rings. The molecule has 0 N–H and O–H groups in total. The Morgan fingerprint density at radius 2 is 2.21 bits per heavy atom. The van der Waals surface area contributed by atoms with Crippen molar-refractivity contribution in [2.24, 2.45) is 0 Å². The standard InChI is InChI=1S/C10H15BrN2O/c1-2-3-4-5-6-14-10-9(11)7-12-8-13-10/h7-8H,2-6H2,1H3. The molecule has 0 atom stereocenters. The van der Waals surface area contributed by atoms with Gasteiger partial charge in [-0.05, 0) is 22.4 Å². The quantitative estimate of drug-likeness (QED) is 0.736. The van der Waals surface area contributed by atoms with E-state index in [-0.39, 0.29) is 0 Å². The topological polar surface area (TPSA) is 35.0 Å². The van der Waals surface area contributed by atoms with Crippen molar-refractivity contribution in [1.29, 1.82) is 0 Å². The van der Waals surface area contributed by atoms with E-state index in [1.165, 1.54) is 25.6 Å². The summed E-state index contributed by atoms with van der Waals surface area (Å²) in [6.07, 6.45) is 8.01. The number of rotatable bonds is 6. The van der Waals surface area contributed by atoms with E-state index < -0.39 is 0 Å². The molecule has 1 heterocycles. The number of aromatic nitrogens is 2. The monoisotopic (exact) mass is 258 g/mol. The van der Waals surface area contributed by atoms with Crippen molar-refractivity contribution >= 4 is 15.9 Å². The molecule has 0 saturated heterocycles. The van der Waals surface area contributed by atoms with Crippen LogP contribution in [0.3, 0.4) is 0 Å². The average Bonchev–Trinajstić information content (AvgIpc) is 2.20. The van der Waals surface area contributed by atoms with Gasteiger partial charge in [0.05, 0.1) is 11.1 Å². The molecular formula is C10H15BrN2O. The fraction of sp³-hybridized carbons (Fsp3) is 0.600. The Labute approximate surface area is 93.0 Å². The molecule has 4 heteroatoms. The Morgan fingerprint density at radius 3 is 2.93 bits per heavy atom. The van der Waals surface area contributed by atoms with Gasteiger partial charge in [-0.25, -0.2) is 9.97 Å². The number of ether oxygens (including phenoxy) is 1.